The third kappa shape index (κ3) is 1.88. The Balaban J connectivity index is 2.06. The zero-order valence-electron chi connectivity index (χ0n) is 10.7. The summed E-state index contributed by atoms with van der Waals surface area (Å²) in [4.78, 5) is 20.9. The molecule has 0 radical (unpaired) electrons. The topological polar surface area (TPSA) is 64.1 Å². The summed E-state index contributed by atoms with van der Waals surface area (Å²) in [6.07, 6.45) is 1.98. The molecule has 18 heavy (non-hydrogen) atoms. The van der Waals surface area contributed by atoms with Crippen LogP contribution in [0.5, 0.6) is 0 Å². The molecular formula is C13H17N3O2. The van der Waals surface area contributed by atoms with Gasteiger partial charge >= 0.3 is 5.97 Å². The molecule has 2 unspecified atom stereocenters. The van der Waals surface area contributed by atoms with E-state index in [9.17, 15) is 4.79 Å². The molecule has 1 aromatic rings. The fraction of sp³-hybridized carbons (Fsp3) is 0.615. The van der Waals surface area contributed by atoms with Gasteiger partial charge in [-0.1, -0.05) is 6.92 Å². The van der Waals surface area contributed by atoms with Gasteiger partial charge in [0, 0.05) is 31.0 Å². The minimum absolute atomic E-state index is 0.355. The SMILES string of the molecule is COC(=O)c1nc(C2CC2C)nc2c1CNCC2. The molecule has 1 saturated carbocycles. The first-order valence-corrected chi connectivity index (χ1v) is 6.39. The van der Waals surface area contributed by atoms with Crippen LogP contribution < -0.4 is 5.32 Å². The van der Waals surface area contributed by atoms with Gasteiger partial charge in [0.15, 0.2) is 5.69 Å². The Morgan fingerprint density at radius 1 is 1.44 bits per heavy atom. The van der Waals surface area contributed by atoms with Crippen molar-refractivity contribution in [2.45, 2.75) is 32.2 Å². The van der Waals surface area contributed by atoms with Crippen LogP contribution in [0.2, 0.25) is 0 Å². The van der Waals surface area contributed by atoms with E-state index < -0.39 is 0 Å². The first kappa shape index (κ1) is 11.6. The van der Waals surface area contributed by atoms with Crippen molar-refractivity contribution in [3.63, 3.8) is 0 Å². The summed E-state index contributed by atoms with van der Waals surface area (Å²) in [5, 5.41) is 3.25. The maximum absolute atomic E-state index is 11.8. The Kier molecular flexibility index (Phi) is 2.78. The van der Waals surface area contributed by atoms with Crippen molar-refractivity contribution in [2.24, 2.45) is 5.92 Å². The summed E-state index contributed by atoms with van der Waals surface area (Å²) in [5.74, 6) is 1.53. The molecule has 96 valence electrons. The Hall–Kier alpha value is -1.49. The van der Waals surface area contributed by atoms with Crippen LogP contribution in [-0.4, -0.2) is 29.6 Å². The maximum Gasteiger partial charge on any atom is 0.357 e. The van der Waals surface area contributed by atoms with Crippen LogP contribution in [0.15, 0.2) is 0 Å². The Labute approximate surface area is 106 Å². The number of carbonyl (C=O) groups excluding carboxylic acids is 1. The number of carbonyl (C=O) groups is 1. The molecular weight excluding hydrogens is 230 g/mol. The molecule has 5 heteroatoms. The quantitative estimate of drug-likeness (QED) is 0.791. The average Bonchev–Trinajstić information content (AvgIpc) is 3.13. The van der Waals surface area contributed by atoms with E-state index in [-0.39, 0.29) is 5.97 Å². The number of methoxy groups -OCH3 is 1. The van der Waals surface area contributed by atoms with E-state index >= 15 is 0 Å². The summed E-state index contributed by atoms with van der Waals surface area (Å²) in [5.41, 5.74) is 2.37. The molecule has 1 aliphatic heterocycles. The molecule has 2 heterocycles. The minimum atomic E-state index is -0.355. The molecule has 5 nitrogen and oxygen atoms in total. The molecule has 2 aliphatic rings. The number of fused-ring (bicyclic) bond motifs is 1. The van der Waals surface area contributed by atoms with Gasteiger partial charge in [0.05, 0.1) is 12.8 Å². The van der Waals surface area contributed by atoms with Gasteiger partial charge in [0.25, 0.3) is 0 Å². The van der Waals surface area contributed by atoms with Crippen molar-refractivity contribution < 1.29 is 9.53 Å². The lowest BCUT2D eigenvalue weighted by Gasteiger charge is -2.19. The number of nitrogens with one attached hydrogen (secondary N) is 1. The second kappa shape index (κ2) is 4.31. The van der Waals surface area contributed by atoms with Gasteiger partial charge < -0.3 is 10.1 Å². The molecule has 0 spiro atoms. The lowest BCUT2D eigenvalue weighted by atomic mass is 10.0. The number of hydrogen-bond acceptors (Lipinski definition) is 5. The molecule has 1 N–H and O–H groups in total. The second-order valence-electron chi connectivity index (χ2n) is 5.09. The van der Waals surface area contributed by atoms with Crippen LogP contribution in [0, 0.1) is 5.92 Å². The molecule has 1 aliphatic carbocycles. The van der Waals surface area contributed by atoms with Crippen molar-refractivity contribution in [3.05, 3.63) is 22.8 Å². The van der Waals surface area contributed by atoms with Crippen LogP contribution in [0.4, 0.5) is 0 Å². The predicted molar refractivity (Wildman–Crippen MR) is 65.3 cm³/mol. The predicted octanol–water partition coefficient (Wildman–Crippen LogP) is 1.03. The lowest BCUT2D eigenvalue weighted by Crippen LogP contribution is -2.28. The van der Waals surface area contributed by atoms with E-state index in [1.165, 1.54) is 7.11 Å². The highest BCUT2D eigenvalue weighted by atomic mass is 16.5. The molecule has 0 bridgehead atoms. The molecule has 1 aromatic heterocycles. The molecule has 0 aromatic carbocycles. The smallest absolute Gasteiger partial charge is 0.357 e. The summed E-state index contributed by atoms with van der Waals surface area (Å²) in [7, 11) is 1.40. The Morgan fingerprint density at radius 3 is 2.89 bits per heavy atom. The van der Waals surface area contributed by atoms with E-state index in [2.05, 4.69) is 22.2 Å². The number of rotatable bonds is 2. The van der Waals surface area contributed by atoms with Crippen molar-refractivity contribution >= 4 is 5.97 Å². The zero-order valence-corrected chi connectivity index (χ0v) is 10.7. The number of esters is 1. The fourth-order valence-corrected chi connectivity index (χ4v) is 2.48. The molecule has 3 rings (SSSR count). The largest absolute Gasteiger partial charge is 0.464 e. The van der Waals surface area contributed by atoms with Crippen LogP contribution in [0.25, 0.3) is 0 Å². The monoisotopic (exact) mass is 247 g/mol. The van der Waals surface area contributed by atoms with E-state index in [0.717, 1.165) is 36.5 Å². The van der Waals surface area contributed by atoms with Crippen LogP contribution >= 0.6 is 0 Å². The number of nitrogens with zero attached hydrogens (tertiary/aromatic N) is 2. The van der Waals surface area contributed by atoms with Gasteiger partial charge in [-0.3, -0.25) is 0 Å². The van der Waals surface area contributed by atoms with Gasteiger partial charge in [-0.2, -0.15) is 0 Å². The van der Waals surface area contributed by atoms with Gasteiger partial charge in [-0.15, -0.1) is 0 Å². The van der Waals surface area contributed by atoms with E-state index in [1.54, 1.807) is 0 Å². The van der Waals surface area contributed by atoms with E-state index in [0.29, 0.717) is 24.1 Å². The van der Waals surface area contributed by atoms with Gasteiger partial charge in [-0.05, 0) is 12.3 Å². The van der Waals surface area contributed by atoms with Gasteiger partial charge in [0.1, 0.15) is 5.82 Å². The highest BCUT2D eigenvalue weighted by Gasteiger charge is 2.38. The molecule has 2 atom stereocenters. The Morgan fingerprint density at radius 2 is 2.22 bits per heavy atom. The third-order valence-electron chi connectivity index (χ3n) is 3.77. The van der Waals surface area contributed by atoms with Crippen LogP contribution in [0.1, 0.15) is 46.8 Å². The first-order valence-electron chi connectivity index (χ1n) is 6.39. The number of hydrogen-bond donors (Lipinski definition) is 1. The average molecular weight is 247 g/mol. The van der Waals surface area contributed by atoms with E-state index in [4.69, 9.17) is 4.74 Å². The third-order valence-corrected chi connectivity index (χ3v) is 3.77. The first-order chi connectivity index (χ1) is 8.70. The Bertz CT molecular complexity index is 501. The van der Waals surface area contributed by atoms with Crippen molar-refractivity contribution in [1.82, 2.24) is 15.3 Å². The number of aromatic nitrogens is 2. The number of ether oxygens (including phenoxy) is 1. The lowest BCUT2D eigenvalue weighted by molar-refractivity contribution is 0.0591. The van der Waals surface area contributed by atoms with E-state index in [1.807, 2.05) is 0 Å². The van der Waals surface area contributed by atoms with Crippen LogP contribution in [-0.2, 0) is 17.7 Å². The van der Waals surface area contributed by atoms with Crippen LogP contribution in [0.3, 0.4) is 0 Å². The summed E-state index contributed by atoms with van der Waals surface area (Å²) in [6, 6.07) is 0. The van der Waals surface area contributed by atoms with Gasteiger partial charge in [0.2, 0.25) is 0 Å². The summed E-state index contributed by atoms with van der Waals surface area (Å²) >= 11 is 0. The molecule has 0 amide bonds. The standard InChI is InChI=1S/C13H17N3O2/c1-7-5-8(7)12-15-10-3-4-14-6-9(10)11(16-12)13(17)18-2/h7-8,14H,3-6H2,1-2H3. The van der Waals surface area contributed by atoms with Crippen molar-refractivity contribution in [1.29, 1.82) is 0 Å². The highest BCUT2D eigenvalue weighted by Crippen LogP contribution is 2.45. The molecule has 0 saturated heterocycles. The van der Waals surface area contributed by atoms with Crippen molar-refractivity contribution in [3.8, 4) is 0 Å². The highest BCUT2D eigenvalue weighted by molar-refractivity contribution is 5.89. The second-order valence-corrected chi connectivity index (χ2v) is 5.09. The zero-order chi connectivity index (χ0) is 12.7. The van der Waals surface area contributed by atoms with Gasteiger partial charge in [-0.25, -0.2) is 14.8 Å². The maximum atomic E-state index is 11.8. The molecule has 1 fully saturated rings. The fourth-order valence-electron chi connectivity index (χ4n) is 2.48. The summed E-state index contributed by atoms with van der Waals surface area (Å²) in [6.45, 7) is 3.75. The minimum Gasteiger partial charge on any atom is -0.464 e. The van der Waals surface area contributed by atoms with Crippen molar-refractivity contribution in [2.75, 3.05) is 13.7 Å². The summed E-state index contributed by atoms with van der Waals surface area (Å²) < 4.78 is 4.83. The normalized spacial score (nSPS) is 25.4.